The first-order valence-corrected chi connectivity index (χ1v) is 7.07. The van der Waals surface area contributed by atoms with E-state index in [9.17, 15) is 4.39 Å². The van der Waals surface area contributed by atoms with Crippen LogP contribution >= 0.6 is 0 Å². The Kier molecular flexibility index (Phi) is 4.02. The van der Waals surface area contributed by atoms with E-state index in [0.29, 0.717) is 6.54 Å². The van der Waals surface area contributed by atoms with Gasteiger partial charge in [0.15, 0.2) is 0 Å². The fourth-order valence-corrected chi connectivity index (χ4v) is 2.48. The molecule has 0 saturated heterocycles. The third-order valence-corrected chi connectivity index (χ3v) is 3.57. The highest BCUT2D eigenvalue weighted by molar-refractivity contribution is 5.26. The van der Waals surface area contributed by atoms with Crippen LogP contribution in [0.2, 0.25) is 0 Å². The molecule has 1 N–H and O–H groups in total. The standard InChI is InChI=1S/C16H18FN5/c1-21-7-6-18-16(21)15(13-4-3-5-14(17)8-13)19-9-12-10-20-22(2)11-12/h3-8,10-11,15,19H,9H2,1-2H3/t15-/m0/s1. The van der Waals surface area contributed by atoms with Crippen molar-refractivity contribution < 1.29 is 4.39 Å². The number of rotatable bonds is 5. The molecule has 0 aliphatic carbocycles. The molecule has 0 aliphatic rings. The minimum Gasteiger partial charge on any atom is -0.336 e. The number of hydrogen-bond donors (Lipinski definition) is 1. The molecule has 2 aromatic heterocycles. The second kappa shape index (κ2) is 6.11. The predicted octanol–water partition coefficient (Wildman–Crippen LogP) is 2.17. The lowest BCUT2D eigenvalue weighted by Gasteiger charge is -2.19. The minimum absolute atomic E-state index is 0.184. The van der Waals surface area contributed by atoms with Crippen LogP contribution in [0.4, 0.5) is 4.39 Å². The largest absolute Gasteiger partial charge is 0.336 e. The Hall–Kier alpha value is -2.47. The van der Waals surface area contributed by atoms with Gasteiger partial charge in [0, 0.05) is 44.8 Å². The minimum atomic E-state index is -0.250. The van der Waals surface area contributed by atoms with Gasteiger partial charge in [-0.15, -0.1) is 0 Å². The summed E-state index contributed by atoms with van der Waals surface area (Å²) in [5, 5.41) is 7.59. The van der Waals surface area contributed by atoms with Gasteiger partial charge in [-0.05, 0) is 17.7 Å². The maximum absolute atomic E-state index is 13.6. The highest BCUT2D eigenvalue weighted by Gasteiger charge is 2.18. The molecule has 0 saturated carbocycles. The number of hydrogen-bond acceptors (Lipinski definition) is 3. The Balaban J connectivity index is 1.88. The average Bonchev–Trinajstić information content (AvgIpc) is 3.09. The first-order valence-electron chi connectivity index (χ1n) is 7.07. The molecule has 114 valence electrons. The van der Waals surface area contributed by atoms with Gasteiger partial charge in [-0.1, -0.05) is 12.1 Å². The van der Waals surface area contributed by atoms with Crippen LogP contribution in [0.3, 0.4) is 0 Å². The van der Waals surface area contributed by atoms with Crippen molar-refractivity contribution in [2.75, 3.05) is 0 Å². The molecule has 22 heavy (non-hydrogen) atoms. The van der Waals surface area contributed by atoms with E-state index >= 15 is 0 Å². The van der Waals surface area contributed by atoms with Gasteiger partial charge in [-0.25, -0.2) is 9.37 Å². The summed E-state index contributed by atoms with van der Waals surface area (Å²) < 4.78 is 17.3. The van der Waals surface area contributed by atoms with Crippen LogP contribution < -0.4 is 5.32 Å². The van der Waals surface area contributed by atoms with E-state index in [1.165, 1.54) is 12.1 Å². The number of halogens is 1. The van der Waals surface area contributed by atoms with Gasteiger partial charge in [0.1, 0.15) is 11.6 Å². The molecule has 0 amide bonds. The maximum atomic E-state index is 13.6. The molecule has 3 rings (SSSR count). The van der Waals surface area contributed by atoms with Crippen LogP contribution in [-0.4, -0.2) is 19.3 Å². The van der Waals surface area contributed by atoms with E-state index in [1.54, 1.807) is 16.9 Å². The average molecular weight is 299 g/mol. The lowest BCUT2D eigenvalue weighted by atomic mass is 10.1. The second-order valence-electron chi connectivity index (χ2n) is 5.29. The molecule has 0 spiro atoms. The summed E-state index contributed by atoms with van der Waals surface area (Å²) in [5.74, 6) is 0.592. The van der Waals surface area contributed by atoms with Crippen LogP contribution in [0.1, 0.15) is 23.0 Å². The summed E-state index contributed by atoms with van der Waals surface area (Å²) in [4.78, 5) is 4.40. The van der Waals surface area contributed by atoms with Crippen molar-refractivity contribution in [3.8, 4) is 0 Å². The van der Waals surface area contributed by atoms with E-state index < -0.39 is 0 Å². The zero-order chi connectivity index (χ0) is 15.5. The molecule has 5 nitrogen and oxygen atoms in total. The number of nitrogens with zero attached hydrogens (tertiary/aromatic N) is 4. The van der Waals surface area contributed by atoms with Crippen LogP contribution in [0.5, 0.6) is 0 Å². The Morgan fingerprint density at radius 1 is 1.32 bits per heavy atom. The summed E-state index contributed by atoms with van der Waals surface area (Å²) in [6, 6.07) is 6.41. The van der Waals surface area contributed by atoms with Crippen molar-refractivity contribution in [2.24, 2.45) is 14.1 Å². The third-order valence-electron chi connectivity index (χ3n) is 3.57. The van der Waals surface area contributed by atoms with Gasteiger partial charge in [0.25, 0.3) is 0 Å². The summed E-state index contributed by atoms with van der Waals surface area (Å²) in [5.41, 5.74) is 1.91. The predicted molar refractivity (Wildman–Crippen MR) is 81.5 cm³/mol. The van der Waals surface area contributed by atoms with Crippen molar-refractivity contribution in [3.05, 3.63) is 71.8 Å². The van der Waals surface area contributed by atoms with Gasteiger partial charge in [-0.2, -0.15) is 5.10 Å². The number of aryl methyl sites for hydroxylation is 2. The molecule has 6 heteroatoms. The van der Waals surface area contributed by atoms with Gasteiger partial charge in [0.2, 0.25) is 0 Å². The Bertz CT molecular complexity index is 761. The van der Waals surface area contributed by atoms with E-state index in [1.807, 2.05) is 43.3 Å². The van der Waals surface area contributed by atoms with Gasteiger partial charge < -0.3 is 4.57 Å². The third kappa shape index (κ3) is 3.07. The first kappa shape index (κ1) is 14.5. The molecular formula is C16H18FN5. The monoisotopic (exact) mass is 299 g/mol. The van der Waals surface area contributed by atoms with Gasteiger partial charge in [-0.3, -0.25) is 10.00 Å². The van der Waals surface area contributed by atoms with Crippen molar-refractivity contribution >= 4 is 0 Å². The molecule has 0 bridgehead atoms. The van der Waals surface area contributed by atoms with Crippen LogP contribution in [0, 0.1) is 5.82 Å². The number of benzene rings is 1. The van der Waals surface area contributed by atoms with E-state index in [2.05, 4.69) is 15.4 Å². The normalized spacial score (nSPS) is 12.5. The zero-order valence-electron chi connectivity index (χ0n) is 12.6. The van der Waals surface area contributed by atoms with E-state index in [4.69, 9.17) is 0 Å². The molecule has 2 heterocycles. The van der Waals surface area contributed by atoms with E-state index in [0.717, 1.165) is 17.0 Å². The highest BCUT2D eigenvalue weighted by Crippen LogP contribution is 2.21. The Morgan fingerprint density at radius 3 is 2.82 bits per heavy atom. The smallest absolute Gasteiger partial charge is 0.130 e. The summed E-state index contributed by atoms with van der Waals surface area (Å²) in [7, 11) is 3.81. The quantitative estimate of drug-likeness (QED) is 0.785. The second-order valence-corrected chi connectivity index (χ2v) is 5.29. The molecule has 1 atom stereocenters. The number of nitrogens with one attached hydrogen (secondary N) is 1. The summed E-state index contributed by atoms with van der Waals surface area (Å²) in [6.45, 7) is 0.627. The fourth-order valence-electron chi connectivity index (χ4n) is 2.48. The summed E-state index contributed by atoms with van der Waals surface area (Å²) in [6.07, 6.45) is 7.39. The molecule has 0 unspecified atom stereocenters. The van der Waals surface area contributed by atoms with Crippen molar-refractivity contribution in [1.82, 2.24) is 24.6 Å². The fraction of sp³-hybridized carbons (Fsp3) is 0.250. The van der Waals surface area contributed by atoms with Crippen molar-refractivity contribution in [1.29, 1.82) is 0 Å². The zero-order valence-corrected chi connectivity index (χ0v) is 12.6. The van der Waals surface area contributed by atoms with E-state index in [-0.39, 0.29) is 11.9 Å². The first-order chi connectivity index (χ1) is 10.6. The topological polar surface area (TPSA) is 47.7 Å². The number of aromatic nitrogens is 4. The highest BCUT2D eigenvalue weighted by atomic mass is 19.1. The van der Waals surface area contributed by atoms with Crippen LogP contribution in [0.15, 0.2) is 49.1 Å². The molecular weight excluding hydrogens is 281 g/mol. The SMILES string of the molecule is Cn1cc(CN[C@@H](c2cccc(F)c2)c2nccn2C)cn1. The maximum Gasteiger partial charge on any atom is 0.130 e. The van der Waals surface area contributed by atoms with Crippen molar-refractivity contribution in [3.63, 3.8) is 0 Å². The summed E-state index contributed by atoms with van der Waals surface area (Å²) >= 11 is 0. The lowest BCUT2D eigenvalue weighted by Crippen LogP contribution is -2.24. The molecule has 0 fully saturated rings. The van der Waals surface area contributed by atoms with Crippen LogP contribution in [0.25, 0.3) is 0 Å². The van der Waals surface area contributed by atoms with Crippen LogP contribution in [-0.2, 0) is 20.6 Å². The molecule has 0 radical (unpaired) electrons. The Morgan fingerprint density at radius 2 is 2.18 bits per heavy atom. The molecule has 1 aromatic carbocycles. The van der Waals surface area contributed by atoms with Gasteiger partial charge in [0.05, 0.1) is 12.2 Å². The lowest BCUT2D eigenvalue weighted by molar-refractivity contribution is 0.551. The Labute approximate surface area is 128 Å². The number of imidazole rings is 1. The molecule has 3 aromatic rings. The molecule has 0 aliphatic heterocycles. The van der Waals surface area contributed by atoms with Crippen molar-refractivity contribution in [2.45, 2.75) is 12.6 Å². The van der Waals surface area contributed by atoms with Gasteiger partial charge >= 0.3 is 0 Å².